The van der Waals surface area contributed by atoms with Crippen LogP contribution in [0.25, 0.3) is 0 Å². The van der Waals surface area contributed by atoms with Gasteiger partial charge >= 0.3 is 6.15 Å². The van der Waals surface area contributed by atoms with E-state index in [2.05, 4.69) is 19.1 Å². The third-order valence-electron chi connectivity index (χ3n) is 1.70. The molecule has 0 radical (unpaired) electrons. The summed E-state index contributed by atoms with van der Waals surface area (Å²) in [6, 6.07) is 8.00. The summed E-state index contributed by atoms with van der Waals surface area (Å²) in [5, 5.41) is 0. The number of thioether (sulfide) groups is 1. The largest absolute Gasteiger partial charge is 0.440 e. The third kappa shape index (κ3) is 6.35. The molecule has 0 N–H and O–H groups in total. The van der Waals surface area contributed by atoms with Crippen LogP contribution in [0.3, 0.4) is 0 Å². The van der Waals surface area contributed by atoms with Crippen molar-refractivity contribution in [1.82, 2.24) is 0 Å². The SMILES string of the molecule is CCc1ccc(OC(=S)SC)cc1.O=C=O. The second-order valence-corrected chi connectivity index (χ2v) is 4.05. The quantitative estimate of drug-likeness (QED) is 0.761. The summed E-state index contributed by atoms with van der Waals surface area (Å²) in [4.78, 5) is 16.2. The highest BCUT2D eigenvalue weighted by molar-refractivity contribution is 8.22. The van der Waals surface area contributed by atoms with Crippen molar-refractivity contribution in [1.29, 1.82) is 0 Å². The lowest BCUT2D eigenvalue weighted by atomic mass is 10.2. The summed E-state index contributed by atoms with van der Waals surface area (Å²) in [7, 11) is 0. The van der Waals surface area contributed by atoms with E-state index in [1.54, 1.807) is 0 Å². The Morgan fingerprint density at radius 2 is 1.88 bits per heavy atom. The zero-order valence-electron chi connectivity index (χ0n) is 9.06. The normalized spacial score (nSPS) is 8.38. The standard InChI is InChI=1S/C10H12OS2.CO2/c1-3-8-4-6-9(7-5-8)11-10(12)13-2;2-1-3/h4-7H,3H2,1-2H3;. The maximum absolute atomic E-state index is 8.12. The highest BCUT2D eigenvalue weighted by atomic mass is 32.2. The van der Waals surface area contributed by atoms with Crippen molar-refractivity contribution in [3.63, 3.8) is 0 Å². The van der Waals surface area contributed by atoms with Crippen LogP contribution >= 0.6 is 24.0 Å². The van der Waals surface area contributed by atoms with Gasteiger partial charge in [-0.25, -0.2) is 0 Å². The molecule has 86 valence electrons. The predicted molar refractivity (Wildman–Crippen MR) is 67.6 cm³/mol. The van der Waals surface area contributed by atoms with Gasteiger partial charge in [0, 0.05) is 0 Å². The summed E-state index contributed by atoms with van der Waals surface area (Å²) in [5.41, 5.74) is 1.31. The fourth-order valence-electron chi connectivity index (χ4n) is 0.931. The molecular formula is C11H12O3S2. The molecule has 1 aromatic carbocycles. The van der Waals surface area contributed by atoms with E-state index in [1.165, 1.54) is 17.3 Å². The maximum Gasteiger partial charge on any atom is 0.373 e. The van der Waals surface area contributed by atoms with E-state index < -0.39 is 0 Å². The summed E-state index contributed by atoms with van der Waals surface area (Å²) in [6.07, 6.45) is 3.20. The number of ether oxygens (including phenoxy) is 1. The molecule has 0 spiro atoms. The van der Waals surface area contributed by atoms with Crippen LogP contribution in [0.4, 0.5) is 0 Å². The van der Waals surface area contributed by atoms with Crippen molar-refractivity contribution in [3.8, 4) is 5.75 Å². The fourth-order valence-corrected chi connectivity index (χ4v) is 1.21. The predicted octanol–water partition coefficient (Wildman–Crippen LogP) is 2.69. The molecule has 0 aliphatic rings. The number of benzene rings is 1. The second-order valence-electron chi connectivity index (χ2n) is 2.64. The Kier molecular flexibility index (Phi) is 8.43. The van der Waals surface area contributed by atoms with Gasteiger partial charge in [0.1, 0.15) is 5.75 Å². The summed E-state index contributed by atoms with van der Waals surface area (Å²) in [5.74, 6) is 0.816. The molecule has 3 nitrogen and oxygen atoms in total. The molecule has 0 atom stereocenters. The number of rotatable bonds is 2. The summed E-state index contributed by atoms with van der Waals surface area (Å²) in [6.45, 7) is 2.13. The number of hydrogen-bond acceptors (Lipinski definition) is 5. The maximum atomic E-state index is 8.12. The Morgan fingerprint density at radius 1 is 1.38 bits per heavy atom. The topological polar surface area (TPSA) is 43.4 Å². The van der Waals surface area contributed by atoms with Crippen LogP contribution < -0.4 is 4.74 Å². The molecule has 0 aliphatic heterocycles. The van der Waals surface area contributed by atoms with Crippen molar-refractivity contribution in [2.24, 2.45) is 0 Å². The molecule has 1 rings (SSSR count). The van der Waals surface area contributed by atoms with Gasteiger partial charge < -0.3 is 4.74 Å². The molecule has 1 aromatic rings. The molecule has 5 heteroatoms. The zero-order chi connectivity index (χ0) is 12.4. The molecule has 0 fully saturated rings. The van der Waals surface area contributed by atoms with Gasteiger partial charge in [-0.05, 0) is 42.6 Å². The third-order valence-corrected chi connectivity index (χ3v) is 2.70. The molecule has 0 bridgehead atoms. The lowest BCUT2D eigenvalue weighted by Crippen LogP contribution is -1.98. The lowest BCUT2D eigenvalue weighted by Gasteiger charge is -2.04. The highest BCUT2D eigenvalue weighted by Gasteiger charge is 1.97. The van der Waals surface area contributed by atoms with Gasteiger partial charge in [0.2, 0.25) is 4.38 Å². The Morgan fingerprint density at radius 3 is 2.25 bits per heavy atom. The summed E-state index contributed by atoms with van der Waals surface area (Å²) >= 11 is 6.38. The first-order chi connectivity index (χ1) is 7.67. The Hall–Kier alpha value is -1.16. The minimum Gasteiger partial charge on any atom is -0.440 e. The first-order valence-corrected chi connectivity index (χ1v) is 6.15. The lowest BCUT2D eigenvalue weighted by molar-refractivity contribution is -0.191. The van der Waals surface area contributed by atoms with Crippen molar-refractivity contribution < 1.29 is 14.3 Å². The molecule has 0 unspecified atom stereocenters. The van der Waals surface area contributed by atoms with Gasteiger partial charge in [-0.2, -0.15) is 9.59 Å². The molecule has 0 saturated heterocycles. The molecule has 0 amide bonds. The number of hydrogen-bond donors (Lipinski definition) is 0. The van der Waals surface area contributed by atoms with Crippen molar-refractivity contribution >= 4 is 34.5 Å². The first-order valence-electron chi connectivity index (χ1n) is 4.52. The smallest absolute Gasteiger partial charge is 0.373 e. The van der Waals surface area contributed by atoms with E-state index in [1.807, 2.05) is 18.4 Å². The summed E-state index contributed by atoms with van der Waals surface area (Å²) < 4.78 is 5.92. The van der Waals surface area contributed by atoms with Crippen LogP contribution in [0, 0.1) is 0 Å². The molecule has 0 heterocycles. The van der Waals surface area contributed by atoms with E-state index in [0.29, 0.717) is 4.38 Å². The van der Waals surface area contributed by atoms with Gasteiger partial charge in [-0.3, -0.25) is 0 Å². The van der Waals surface area contributed by atoms with Crippen LogP contribution in [0.1, 0.15) is 12.5 Å². The molecule has 0 aromatic heterocycles. The van der Waals surface area contributed by atoms with Crippen LogP contribution in [-0.2, 0) is 16.0 Å². The van der Waals surface area contributed by atoms with Gasteiger partial charge in [-0.15, -0.1) is 0 Å². The fraction of sp³-hybridized carbons (Fsp3) is 0.273. The van der Waals surface area contributed by atoms with Gasteiger partial charge in [0.25, 0.3) is 0 Å². The monoisotopic (exact) mass is 256 g/mol. The minimum absolute atomic E-state index is 0.250. The Bertz CT molecular complexity index is 354. The van der Waals surface area contributed by atoms with Gasteiger partial charge in [-0.1, -0.05) is 30.8 Å². The average Bonchev–Trinajstić information content (AvgIpc) is 2.31. The molecule has 16 heavy (non-hydrogen) atoms. The number of aryl methyl sites for hydroxylation is 1. The number of thiocarbonyl (C=S) groups is 1. The Balaban J connectivity index is 0.000000673. The van der Waals surface area contributed by atoms with Gasteiger partial charge in [0.05, 0.1) is 0 Å². The van der Waals surface area contributed by atoms with E-state index in [9.17, 15) is 0 Å². The second kappa shape index (κ2) is 9.09. The molecular weight excluding hydrogens is 244 g/mol. The average molecular weight is 256 g/mol. The minimum atomic E-state index is 0.250. The Labute approximate surface area is 104 Å². The van der Waals surface area contributed by atoms with Gasteiger partial charge in [0.15, 0.2) is 0 Å². The van der Waals surface area contributed by atoms with Crippen LogP contribution in [0.2, 0.25) is 0 Å². The first kappa shape index (κ1) is 14.8. The van der Waals surface area contributed by atoms with Crippen molar-refractivity contribution in [3.05, 3.63) is 29.8 Å². The van der Waals surface area contributed by atoms with E-state index in [0.717, 1.165) is 12.2 Å². The number of carbonyl (C=O) groups excluding carboxylic acids is 2. The molecule has 0 saturated carbocycles. The van der Waals surface area contributed by atoms with Crippen LogP contribution in [0.5, 0.6) is 5.75 Å². The van der Waals surface area contributed by atoms with Crippen molar-refractivity contribution in [2.45, 2.75) is 13.3 Å². The van der Waals surface area contributed by atoms with Crippen molar-refractivity contribution in [2.75, 3.05) is 6.26 Å². The highest BCUT2D eigenvalue weighted by Crippen LogP contribution is 2.15. The van der Waals surface area contributed by atoms with E-state index >= 15 is 0 Å². The van der Waals surface area contributed by atoms with Crippen LogP contribution in [0.15, 0.2) is 24.3 Å². The van der Waals surface area contributed by atoms with Crippen LogP contribution in [-0.4, -0.2) is 16.8 Å². The zero-order valence-corrected chi connectivity index (χ0v) is 10.7. The molecule has 0 aliphatic carbocycles. The van der Waals surface area contributed by atoms with E-state index in [-0.39, 0.29) is 6.15 Å². The van der Waals surface area contributed by atoms with E-state index in [4.69, 9.17) is 26.5 Å².